The van der Waals surface area contributed by atoms with Gasteiger partial charge in [-0.2, -0.15) is 0 Å². The van der Waals surface area contributed by atoms with Gasteiger partial charge in [-0.3, -0.25) is 0 Å². The maximum absolute atomic E-state index is 10.7. The Labute approximate surface area is 142 Å². The summed E-state index contributed by atoms with van der Waals surface area (Å²) in [6, 6.07) is 13.9. The fourth-order valence-electron chi connectivity index (χ4n) is 2.14. The highest BCUT2D eigenvalue weighted by atomic mass is 35.5. The minimum atomic E-state index is -1.19. The number of carbonyl (C=O) groups is 1. The van der Waals surface area contributed by atoms with Crippen LogP contribution >= 0.6 is 22.9 Å². The summed E-state index contributed by atoms with van der Waals surface area (Å²) < 4.78 is 0. The van der Waals surface area contributed by atoms with Gasteiger partial charge >= 0.3 is 0 Å². The molecule has 3 rings (SSSR count). The zero-order valence-electron chi connectivity index (χ0n) is 12.2. The van der Waals surface area contributed by atoms with E-state index in [4.69, 9.17) is 11.6 Å². The molecule has 0 radical (unpaired) electrons. The van der Waals surface area contributed by atoms with Crippen LogP contribution in [0, 0.1) is 6.92 Å². The number of aromatic carboxylic acids is 1. The van der Waals surface area contributed by atoms with Gasteiger partial charge in [-0.15, -0.1) is 11.3 Å². The van der Waals surface area contributed by atoms with Crippen molar-refractivity contribution in [3.05, 3.63) is 64.0 Å². The zero-order chi connectivity index (χ0) is 16.4. The molecule has 1 N–H and O–H groups in total. The first-order chi connectivity index (χ1) is 11.0. The van der Waals surface area contributed by atoms with E-state index >= 15 is 0 Å². The average Bonchev–Trinajstić information content (AvgIpc) is 2.89. The van der Waals surface area contributed by atoms with Crippen molar-refractivity contribution < 1.29 is 9.90 Å². The van der Waals surface area contributed by atoms with Crippen LogP contribution in [-0.4, -0.2) is 11.0 Å². The van der Waals surface area contributed by atoms with E-state index in [-0.39, 0.29) is 5.56 Å². The quantitative estimate of drug-likeness (QED) is 0.780. The van der Waals surface area contributed by atoms with Gasteiger partial charge in [0.1, 0.15) is 0 Å². The summed E-state index contributed by atoms with van der Waals surface area (Å²) in [6.45, 7) is 2.01. The Hall–Kier alpha value is -2.37. The van der Waals surface area contributed by atoms with E-state index < -0.39 is 5.97 Å². The molecule has 23 heavy (non-hydrogen) atoms. The third-order valence-corrected chi connectivity index (χ3v) is 4.42. The number of carboxylic acids is 1. The Bertz CT molecular complexity index is 842. The molecule has 0 aliphatic carbocycles. The van der Waals surface area contributed by atoms with Crippen molar-refractivity contribution >= 4 is 39.7 Å². The van der Waals surface area contributed by atoms with E-state index in [1.54, 1.807) is 12.1 Å². The molecule has 0 atom stereocenters. The Kier molecular flexibility index (Phi) is 4.32. The molecule has 0 unspecified atom stereocenters. The molecule has 0 saturated carbocycles. The molecule has 6 heteroatoms. The predicted octanol–water partition coefficient (Wildman–Crippen LogP) is 3.88. The number of nitrogens with one attached hydrogen (secondary N) is 1. The van der Waals surface area contributed by atoms with Crippen molar-refractivity contribution in [2.45, 2.75) is 6.92 Å². The van der Waals surface area contributed by atoms with Crippen LogP contribution in [0.15, 0.2) is 48.5 Å². The zero-order valence-corrected chi connectivity index (χ0v) is 13.7. The van der Waals surface area contributed by atoms with Gasteiger partial charge in [0.25, 0.3) is 0 Å². The molecule has 3 aromatic rings. The Morgan fingerprint density at radius 3 is 2.39 bits per heavy atom. The molecule has 0 amide bonds. The number of aromatic nitrogens is 1. The fraction of sp³-hybridized carbons (Fsp3) is 0.0588. The van der Waals surface area contributed by atoms with Gasteiger partial charge in [0.2, 0.25) is 0 Å². The standard InChI is InChI=1S/C17H13ClN2O2S/c1-10-15(11-2-6-13(18)7-3-11)20-17(23-10)19-14-8-4-12(5-9-14)16(21)22/h2-9H,1H3,(H,19,20)(H,21,22)/p-1. The maximum Gasteiger partial charge on any atom is 0.187 e. The van der Waals surface area contributed by atoms with Crippen LogP contribution in [0.25, 0.3) is 11.3 Å². The summed E-state index contributed by atoms with van der Waals surface area (Å²) in [5, 5.41) is 15.4. The molecule has 0 aliphatic rings. The second-order valence-corrected chi connectivity index (χ2v) is 6.56. The number of rotatable bonds is 4. The number of hydrogen-bond donors (Lipinski definition) is 1. The van der Waals surface area contributed by atoms with E-state index in [1.165, 1.54) is 23.5 Å². The van der Waals surface area contributed by atoms with Gasteiger partial charge in [0.15, 0.2) is 5.13 Å². The molecule has 1 heterocycles. The molecule has 0 spiro atoms. The van der Waals surface area contributed by atoms with Crippen LogP contribution in [0.1, 0.15) is 15.2 Å². The van der Waals surface area contributed by atoms with Crippen LogP contribution in [0.5, 0.6) is 0 Å². The molecular weight excluding hydrogens is 332 g/mol. The van der Waals surface area contributed by atoms with Crippen LogP contribution in [0.3, 0.4) is 0 Å². The molecule has 116 valence electrons. The number of thiazole rings is 1. The molecule has 0 bridgehead atoms. The second kappa shape index (κ2) is 6.40. The largest absolute Gasteiger partial charge is 0.545 e. The summed E-state index contributed by atoms with van der Waals surface area (Å²) in [5.74, 6) is -1.19. The normalized spacial score (nSPS) is 10.5. The van der Waals surface area contributed by atoms with Gasteiger partial charge in [-0.25, -0.2) is 4.98 Å². The van der Waals surface area contributed by atoms with Crippen molar-refractivity contribution in [3.8, 4) is 11.3 Å². The first kappa shape index (κ1) is 15.5. The highest BCUT2D eigenvalue weighted by Crippen LogP contribution is 2.32. The van der Waals surface area contributed by atoms with Crippen LogP contribution < -0.4 is 10.4 Å². The van der Waals surface area contributed by atoms with Crippen molar-refractivity contribution in [2.24, 2.45) is 0 Å². The number of anilines is 2. The highest BCUT2D eigenvalue weighted by Gasteiger charge is 2.10. The van der Waals surface area contributed by atoms with E-state index in [0.29, 0.717) is 5.02 Å². The van der Waals surface area contributed by atoms with Gasteiger partial charge in [0.05, 0.1) is 11.7 Å². The average molecular weight is 344 g/mol. The van der Waals surface area contributed by atoms with Crippen molar-refractivity contribution in [1.29, 1.82) is 0 Å². The lowest BCUT2D eigenvalue weighted by atomic mass is 10.1. The first-order valence-corrected chi connectivity index (χ1v) is 8.04. The monoisotopic (exact) mass is 343 g/mol. The van der Waals surface area contributed by atoms with E-state index in [0.717, 1.165) is 27.0 Å². The summed E-state index contributed by atoms with van der Waals surface area (Å²) in [6.07, 6.45) is 0. The maximum atomic E-state index is 10.7. The number of halogens is 1. The molecule has 0 aliphatic heterocycles. The fourth-order valence-corrected chi connectivity index (χ4v) is 3.12. The van der Waals surface area contributed by atoms with Crippen LogP contribution in [0.2, 0.25) is 5.02 Å². The number of carboxylic acid groups (broad SMARTS) is 1. The molecule has 2 aromatic carbocycles. The lowest BCUT2D eigenvalue weighted by Crippen LogP contribution is -2.21. The Morgan fingerprint density at radius 2 is 1.78 bits per heavy atom. The van der Waals surface area contributed by atoms with Gasteiger partial charge < -0.3 is 15.2 Å². The highest BCUT2D eigenvalue weighted by molar-refractivity contribution is 7.16. The minimum absolute atomic E-state index is 0.146. The van der Waals surface area contributed by atoms with E-state index in [2.05, 4.69) is 10.3 Å². The molecule has 0 fully saturated rings. The third-order valence-electron chi connectivity index (χ3n) is 3.29. The number of hydrogen-bond acceptors (Lipinski definition) is 5. The minimum Gasteiger partial charge on any atom is -0.545 e. The predicted molar refractivity (Wildman–Crippen MR) is 91.4 cm³/mol. The molecule has 1 aromatic heterocycles. The van der Waals surface area contributed by atoms with Crippen molar-refractivity contribution in [1.82, 2.24) is 4.98 Å². The lowest BCUT2D eigenvalue weighted by Gasteiger charge is -2.05. The van der Waals surface area contributed by atoms with Gasteiger partial charge in [0, 0.05) is 21.2 Å². The summed E-state index contributed by atoms with van der Waals surface area (Å²) >= 11 is 7.44. The number of aryl methyl sites for hydroxylation is 1. The SMILES string of the molecule is Cc1sc(Nc2ccc(C(=O)[O-])cc2)nc1-c1ccc(Cl)cc1. The third kappa shape index (κ3) is 3.52. The lowest BCUT2D eigenvalue weighted by molar-refractivity contribution is -0.255. The second-order valence-electron chi connectivity index (χ2n) is 4.92. The van der Waals surface area contributed by atoms with Crippen LogP contribution in [0.4, 0.5) is 10.8 Å². The smallest absolute Gasteiger partial charge is 0.187 e. The Morgan fingerprint density at radius 1 is 1.13 bits per heavy atom. The molecule has 4 nitrogen and oxygen atoms in total. The molecular formula is C17H12ClN2O2S-. The first-order valence-electron chi connectivity index (χ1n) is 6.85. The van der Waals surface area contributed by atoms with Gasteiger partial charge in [-0.05, 0) is 36.8 Å². The van der Waals surface area contributed by atoms with Crippen molar-refractivity contribution in [3.63, 3.8) is 0 Å². The molecule has 0 saturated heterocycles. The van der Waals surface area contributed by atoms with E-state index in [1.807, 2.05) is 31.2 Å². The van der Waals surface area contributed by atoms with Crippen LogP contribution in [-0.2, 0) is 0 Å². The summed E-state index contributed by atoms with van der Waals surface area (Å²) in [7, 11) is 0. The Balaban J connectivity index is 1.83. The van der Waals surface area contributed by atoms with Crippen molar-refractivity contribution in [2.75, 3.05) is 5.32 Å². The summed E-state index contributed by atoms with van der Waals surface area (Å²) in [5.41, 5.74) is 2.82. The number of benzene rings is 2. The van der Waals surface area contributed by atoms with E-state index in [9.17, 15) is 9.90 Å². The topological polar surface area (TPSA) is 65.0 Å². The summed E-state index contributed by atoms with van der Waals surface area (Å²) in [4.78, 5) is 16.4. The van der Waals surface area contributed by atoms with Gasteiger partial charge in [-0.1, -0.05) is 35.9 Å². The number of nitrogens with zero attached hydrogens (tertiary/aromatic N) is 1. The number of carbonyl (C=O) groups excluding carboxylic acids is 1.